The minimum Gasteiger partial charge on any atom is -0.389 e. The van der Waals surface area contributed by atoms with Crippen molar-refractivity contribution >= 4 is 40.2 Å². The van der Waals surface area contributed by atoms with Gasteiger partial charge in [0.25, 0.3) is 0 Å². The van der Waals surface area contributed by atoms with Crippen LogP contribution >= 0.6 is 23.8 Å². The molecule has 2 aromatic carbocycles. The van der Waals surface area contributed by atoms with E-state index in [9.17, 15) is 0 Å². The van der Waals surface area contributed by atoms with Crippen molar-refractivity contribution in [2.45, 2.75) is 12.8 Å². The molecule has 1 aliphatic rings. The number of fused-ring (bicyclic) bond motifs is 1. The van der Waals surface area contributed by atoms with Gasteiger partial charge in [-0.1, -0.05) is 42.0 Å². The molecule has 0 atom stereocenters. The lowest BCUT2D eigenvalue weighted by Crippen LogP contribution is -2.27. The minimum absolute atomic E-state index is 0.380. The Morgan fingerprint density at radius 2 is 1.95 bits per heavy atom. The topological polar surface area (TPSA) is 29.3 Å². The van der Waals surface area contributed by atoms with Crippen LogP contribution < -0.4 is 10.6 Å². The van der Waals surface area contributed by atoms with Crippen molar-refractivity contribution in [2.75, 3.05) is 11.4 Å². The standard InChI is InChI=1S/C16H15ClN2S/c17-12-7-8-15(13(10-12)16(18)20)19-9-3-5-11-4-1-2-6-14(11)19/h1-2,4,6-8,10H,3,5,9H2,(H2,18,20). The zero-order valence-corrected chi connectivity index (χ0v) is 12.5. The van der Waals surface area contributed by atoms with Crippen LogP contribution in [-0.4, -0.2) is 11.5 Å². The summed E-state index contributed by atoms with van der Waals surface area (Å²) >= 11 is 11.2. The van der Waals surface area contributed by atoms with Crippen LogP contribution in [0.2, 0.25) is 5.02 Å². The van der Waals surface area contributed by atoms with Gasteiger partial charge in [-0.2, -0.15) is 0 Å². The molecule has 2 N–H and O–H groups in total. The quantitative estimate of drug-likeness (QED) is 0.848. The molecule has 102 valence electrons. The highest BCUT2D eigenvalue weighted by molar-refractivity contribution is 7.80. The van der Waals surface area contributed by atoms with E-state index in [-0.39, 0.29) is 0 Å². The van der Waals surface area contributed by atoms with Crippen LogP contribution in [0.5, 0.6) is 0 Å². The van der Waals surface area contributed by atoms with Gasteiger partial charge in [-0.15, -0.1) is 0 Å². The van der Waals surface area contributed by atoms with Gasteiger partial charge in [0.15, 0.2) is 0 Å². The molecule has 0 aliphatic carbocycles. The summed E-state index contributed by atoms with van der Waals surface area (Å²) in [7, 11) is 0. The number of anilines is 2. The molecule has 1 aliphatic heterocycles. The van der Waals surface area contributed by atoms with Gasteiger partial charge < -0.3 is 10.6 Å². The summed E-state index contributed by atoms with van der Waals surface area (Å²) in [6.07, 6.45) is 2.24. The molecule has 0 radical (unpaired) electrons. The highest BCUT2D eigenvalue weighted by atomic mass is 35.5. The molecule has 0 saturated heterocycles. The van der Waals surface area contributed by atoms with Gasteiger partial charge in [0, 0.05) is 22.8 Å². The molecule has 0 amide bonds. The number of halogens is 1. The van der Waals surface area contributed by atoms with E-state index in [0.717, 1.165) is 30.6 Å². The zero-order chi connectivity index (χ0) is 14.1. The second kappa shape index (κ2) is 5.43. The third kappa shape index (κ3) is 2.39. The second-order valence-corrected chi connectivity index (χ2v) is 5.79. The summed E-state index contributed by atoms with van der Waals surface area (Å²) in [5.74, 6) is 0. The van der Waals surface area contributed by atoms with Crippen LogP contribution in [0.15, 0.2) is 42.5 Å². The fraction of sp³-hybridized carbons (Fsp3) is 0.188. The predicted octanol–water partition coefficient (Wildman–Crippen LogP) is 4.06. The molecule has 0 fully saturated rings. The molecular formula is C16H15ClN2S. The van der Waals surface area contributed by atoms with E-state index in [1.807, 2.05) is 18.2 Å². The SMILES string of the molecule is NC(=S)c1cc(Cl)ccc1N1CCCc2ccccc21. The molecule has 4 heteroatoms. The summed E-state index contributed by atoms with van der Waals surface area (Å²) < 4.78 is 0. The Bertz CT molecular complexity index is 669. The number of aryl methyl sites for hydroxylation is 1. The van der Waals surface area contributed by atoms with E-state index < -0.39 is 0 Å². The predicted molar refractivity (Wildman–Crippen MR) is 89.1 cm³/mol. The third-order valence-electron chi connectivity index (χ3n) is 3.63. The minimum atomic E-state index is 0.380. The number of benzene rings is 2. The number of para-hydroxylation sites is 1. The van der Waals surface area contributed by atoms with Crippen molar-refractivity contribution in [3.05, 3.63) is 58.6 Å². The van der Waals surface area contributed by atoms with Crippen LogP contribution in [0.1, 0.15) is 17.5 Å². The van der Waals surface area contributed by atoms with Crippen molar-refractivity contribution in [3.8, 4) is 0 Å². The van der Waals surface area contributed by atoms with Gasteiger partial charge in [0.1, 0.15) is 4.99 Å². The Morgan fingerprint density at radius 1 is 1.15 bits per heavy atom. The lowest BCUT2D eigenvalue weighted by Gasteiger charge is -2.32. The first-order chi connectivity index (χ1) is 9.66. The van der Waals surface area contributed by atoms with E-state index in [1.165, 1.54) is 11.3 Å². The van der Waals surface area contributed by atoms with Gasteiger partial charge in [-0.25, -0.2) is 0 Å². The Balaban J connectivity index is 2.13. The third-order valence-corrected chi connectivity index (χ3v) is 4.08. The van der Waals surface area contributed by atoms with E-state index in [0.29, 0.717) is 10.0 Å². The molecule has 0 aromatic heterocycles. The summed E-state index contributed by atoms with van der Waals surface area (Å²) in [6.45, 7) is 0.967. The second-order valence-electron chi connectivity index (χ2n) is 4.91. The smallest absolute Gasteiger partial charge is 0.106 e. The molecular weight excluding hydrogens is 288 g/mol. The molecule has 0 unspecified atom stereocenters. The number of rotatable bonds is 2. The maximum absolute atomic E-state index is 6.07. The molecule has 1 heterocycles. The number of nitrogens with zero attached hydrogens (tertiary/aromatic N) is 1. The van der Waals surface area contributed by atoms with Crippen molar-refractivity contribution < 1.29 is 0 Å². The Hall–Kier alpha value is -1.58. The zero-order valence-electron chi connectivity index (χ0n) is 11.0. The highest BCUT2D eigenvalue weighted by Crippen LogP contribution is 2.36. The van der Waals surface area contributed by atoms with Crippen molar-refractivity contribution in [1.29, 1.82) is 0 Å². The Kier molecular flexibility index (Phi) is 3.64. The summed E-state index contributed by atoms with van der Waals surface area (Å²) in [5, 5.41) is 0.654. The monoisotopic (exact) mass is 302 g/mol. The maximum atomic E-state index is 6.07. The summed E-state index contributed by atoms with van der Waals surface area (Å²) in [5.41, 5.74) is 10.3. The maximum Gasteiger partial charge on any atom is 0.106 e. The van der Waals surface area contributed by atoms with Gasteiger partial charge in [-0.3, -0.25) is 0 Å². The van der Waals surface area contributed by atoms with Gasteiger partial charge in [0.05, 0.1) is 5.69 Å². The first-order valence-electron chi connectivity index (χ1n) is 6.61. The average molecular weight is 303 g/mol. The highest BCUT2D eigenvalue weighted by Gasteiger charge is 2.20. The van der Waals surface area contributed by atoms with Gasteiger partial charge in [-0.05, 0) is 42.7 Å². The van der Waals surface area contributed by atoms with E-state index in [2.05, 4.69) is 29.2 Å². The van der Waals surface area contributed by atoms with Crippen molar-refractivity contribution in [1.82, 2.24) is 0 Å². The molecule has 2 nitrogen and oxygen atoms in total. The van der Waals surface area contributed by atoms with Crippen LogP contribution in [0.4, 0.5) is 11.4 Å². The van der Waals surface area contributed by atoms with Crippen LogP contribution in [0, 0.1) is 0 Å². The Labute approximate surface area is 129 Å². The van der Waals surface area contributed by atoms with Gasteiger partial charge >= 0.3 is 0 Å². The molecule has 2 aromatic rings. The molecule has 0 saturated carbocycles. The Morgan fingerprint density at radius 3 is 2.75 bits per heavy atom. The molecule has 0 bridgehead atoms. The lowest BCUT2D eigenvalue weighted by molar-refractivity contribution is 0.766. The number of nitrogens with two attached hydrogens (primary N) is 1. The largest absolute Gasteiger partial charge is 0.389 e. The molecule has 0 spiro atoms. The number of hydrogen-bond acceptors (Lipinski definition) is 2. The normalized spacial score (nSPS) is 13.9. The van der Waals surface area contributed by atoms with Crippen molar-refractivity contribution in [2.24, 2.45) is 5.73 Å². The van der Waals surface area contributed by atoms with E-state index >= 15 is 0 Å². The summed E-state index contributed by atoms with van der Waals surface area (Å²) in [6, 6.07) is 14.2. The number of hydrogen-bond donors (Lipinski definition) is 1. The molecule has 20 heavy (non-hydrogen) atoms. The fourth-order valence-electron chi connectivity index (χ4n) is 2.72. The molecule has 3 rings (SSSR count). The van der Waals surface area contributed by atoms with E-state index in [1.54, 1.807) is 0 Å². The van der Waals surface area contributed by atoms with Crippen LogP contribution in [0.25, 0.3) is 0 Å². The lowest BCUT2D eigenvalue weighted by atomic mass is 10.00. The first-order valence-corrected chi connectivity index (χ1v) is 7.40. The van der Waals surface area contributed by atoms with Crippen LogP contribution in [-0.2, 0) is 6.42 Å². The average Bonchev–Trinajstić information content (AvgIpc) is 2.46. The number of thiocarbonyl (C=S) groups is 1. The van der Waals surface area contributed by atoms with Gasteiger partial charge in [0.2, 0.25) is 0 Å². The first kappa shape index (κ1) is 13.4. The summed E-state index contributed by atoms with van der Waals surface area (Å²) in [4.78, 5) is 2.66. The van der Waals surface area contributed by atoms with E-state index in [4.69, 9.17) is 29.6 Å². The fourth-order valence-corrected chi connectivity index (χ4v) is 3.06. The van der Waals surface area contributed by atoms with Crippen molar-refractivity contribution in [3.63, 3.8) is 0 Å². The van der Waals surface area contributed by atoms with Crippen LogP contribution in [0.3, 0.4) is 0 Å².